The Morgan fingerprint density at radius 2 is 2.12 bits per heavy atom. The minimum atomic E-state index is -0.578. The number of hydrogen-bond acceptors (Lipinski definition) is 4. The van der Waals surface area contributed by atoms with Gasteiger partial charge in [0.2, 0.25) is 11.8 Å². The number of rotatable bonds is 5. The number of carbonyl (C=O) groups is 2. The molecule has 5 nitrogen and oxygen atoms in total. The quantitative estimate of drug-likeness (QED) is 0.871. The fourth-order valence-electron chi connectivity index (χ4n) is 2.89. The smallest absolute Gasteiger partial charge is 0.246 e. The Morgan fingerprint density at radius 1 is 1.35 bits per heavy atom. The molecule has 1 fully saturated rings. The van der Waals surface area contributed by atoms with Crippen LogP contribution in [-0.2, 0) is 22.6 Å². The van der Waals surface area contributed by atoms with Crippen LogP contribution in [0.15, 0.2) is 40.8 Å². The Bertz CT molecular complexity index is 808. The van der Waals surface area contributed by atoms with E-state index in [1.807, 2.05) is 19.1 Å². The maximum Gasteiger partial charge on any atom is 0.246 e. The average molecular weight is 376 g/mol. The highest BCUT2D eigenvalue weighted by atomic mass is 32.2. The van der Waals surface area contributed by atoms with Gasteiger partial charge in [-0.1, -0.05) is 18.2 Å². The van der Waals surface area contributed by atoms with Crippen molar-refractivity contribution >= 4 is 23.6 Å². The van der Waals surface area contributed by atoms with Gasteiger partial charge in [0, 0.05) is 12.8 Å². The zero-order valence-corrected chi connectivity index (χ0v) is 15.5. The van der Waals surface area contributed by atoms with Crippen molar-refractivity contribution in [3.8, 4) is 0 Å². The largest absolute Gasteiger partial charge is 0.464 e. The Hall–Kier alpha value is -2.28. The van der Waals surface area contributed by atoms with Crippen LogP contribution in [0.5, 0.6) is 0 Å². The van der Waals surface area contributed by atoms with E-state index in [1.54, 1.807) is 30.1 Å². The molecule has 2 amide bonds. The first-order valence-corrected chi connectivity index (χ1v) is 9.44. The highest BCUT2D eigenvalue weighted by molar-refractivity contribution is 8.00. The Kier molecular flexibility index (Phi) is 5.66. The number of furan rings is 1. The van der Waals surface area contributed by atoms with Gasteiger partial charge in [0.25, 0.3) is 0 Å². The predicted molar refractivity (Wildman–Crippen MR) is 98.2 cm³/mol. The van der Waals surface area contributed by atoms with Gasteiger partial charge in [-0.3, -0.25) is 9.59 Å². The van der Waals surface area contributed by atoms with Crippen molar-refractivity contribution in [3.05, 3.63) is 59.3 Å². The molecule has 0 aliphatic carbocycles. The third-order valence-corrected chi connectivity index (χ3v) is 5.61. The number of aryl methyl sites for hydroxylation is 1. The molecule has 2 heterocycles. The zero-order chi connectivity index (χ0) is 18.7. The summed E-state index contributed by atoms with van der Waals surface area (Å²) in [5, 5.41) is 2.38. The lowest BCUT2D eigenvalue weighted by molar-refractivity contribution is -0.135. The predicted octanol–water partition coefficient (Wildman–Crippen LogP) is 2.53. The molecular weight excluding hydrogens is 355 g/mol. The first kappa shape index (κ1) is 18.5. The SMILES string of the molecule is Cc1ccc(CN(C)C(=O)[C@H]2CS[C@@H](Cc3ccccc3F)C(=O)N2)o1. The van der Waals surface area contributed by atoms with Gasteiger partial charge in [0.1, 0.15) is 23.4 Å². The molecule has 0 spiro atoms. The van der Waals surface area contributed by atoms with Gasteiger partial charge in [0.05, 0.1) is 11.8 Å². The Balaban J connectivity index is 1.56. The average Bonchev–Trinajstić information content (AvgIpc) is 3.02. The summed E-state index contributed by atoms with van der Waals surface area (Å²) in [4.78, 5) is 26.5. The van der Waals surface area contributed by atoms with Gasteiger partial charge in [-0.05, 0) is 37.1 Å². The molecule has 1 aromatic carbocycles. The van der Waals surface area contributed by atoms with E-state index in [0.717, 1.165) is 5.76 Å². The second kappa shape index (κ2) is 7.95. The number of likely N-dealkylation sites (N-methyl/N-ethyl adjacent to an activating group) is 1. The maximum absolute atomic E-state index is 13.8. The van der Waals surface area contributed by atoms with E-state index >= 15 is 0 Å². The third kappa shape index (κ3) is 4.27. The molecule has 26 heavy (non-hydrogen) atoms. The van der Waals surface area contributed by atoms with E-state index in [2.05, 4.69) is 5.32 Å². The molecule has 1 N–H and O–H groups in total. The van der Waals surface area contributed by atoms with E-state index in [9.17, 15) is 14.0 Å². The van der Waals surface area contributed by atoms with Crippen LogP contribution >= 0.6 is 11.8 Å². The summed E-state index contributed by atoms with van der Waals surface area (Å²) >= 11 is 1.39. The molecule has 138 valence electrons. The number of nitrogens with zero attached hydrogens (tertiary/aromatic N) is 1. The van der Waals surface area contributed by atoms with Gasteiger partial charge in [-0.2, -0.15) is 0 Å². The normalized spacial score (nSPS) is 19.9. The summed E-state index contributed by atoms with van der Waals surface area (Å²) < 4.78 is 19.3. The summed E-state index contributed by atoms with van der Waals surface area (Å²) in [7, 11) is 1.68. The first-order valence-electron chi connectivity index (χ1n) is 8.39. The fraction of sp³-hybridized carbons (Fsp3) is 0.368. The highest BCUT2D eigenvalue weighted by Crippen LogP contribution is 2.24. The summed E-state index contributed by atoms with van der Waals surface area (Å²) in [5.74, 6) is 1.25. The van der Waals surface area contributed by atoms with E-state index in [1.165, 1.54) is 17.8 Å². The molecule has 1 aliphatic heterocycles. The first-order chi connectivity index (χ1) is 12.4. The van der Waals surface area contributed by atoms with Crippen molar-refractivity contribution < 1.29 is 18.4 Å². The number of thioether (sulfide) groups is 1. The molecule has 1 aliphatic rings. The molecule has 7 heteroatoms. The van der Waals surface area contributed by atoms with Crippen molar-refractivity contribution in [3.63, 3.8) is 0 Å². The topological polar surface area (TPSA) is 62.6 Å². The van der Waals surface area contributed by atoms with Crippen LogP contribution in [0.1, 0.15) is 17.1 Å². The fourth-order valence-corrected chi connectivity index (χ4v) is 4.06. The van der Waals surface area contributed by atoms with Crippen LogP contribution in [0.3, 0.4) is 0 Å². The maximum atomic E-state index is 13.8. The molecule has 2 atom stereocenters. The molecule has 1 saturated heterocycles. The second-order valence-electron chi connectivity index (χ2n) is 6.39. The van der Waals surface area contributed by atoms with E-state index in [4.69, 9.17) is 4.42 Å². The highest BCUT2D eigenvalue weighted by Gasteiger charge is 2.34. The van der Waals surface area contributed by atoms with Gasteiger partial charge >= 0.3 is 0 Å². The minimum Gasteiger partial charge on any atom is -0.464 e. The van der Waals surface area contributed by atoms with Crippen molar-refractivity contribution in [2.45, 2.75) is 31.2 Å². The van der Waals surface area contributed by atoms with Crippen molar-refractivity contribution in [1.82, 2.24) is 10.2 Å². The molecule has 0 saturated carbocycles. The van der Waals surface area contributed by atoms with Crippen LogP contribution in [0.4, 0.5) is 4.39 Å². The lowest BCUT2D eigenvalue weighted by atomic mass is 10.1. The summed E-state index contributed by atoms with van der Waals surface area (Å²) in [6, 6.07) is 9.54. The lowest BCUT2D eigenvalue weighted by Crippen LogP contribution is -2.54. The van der Waals surface area contributed by atoms with Gasteiger partial charge in [-0.25, -0.2) is 4.39 Å². The zero-order valence-electron chi connectivity index (χ0n) is 14.7. The molecular formula is C19H21FN2O3S. The summed E-state index contributed by atoms with van der Waals surface area (Å²) in [6.45, 7) is 2.20. The van der Waals surface area contributed by atoms with Crippen LogP contribution in [0.25, 0.3) is 0 Å². The molecule has 2 aromatic rings. The summed E-state index contributed by atoms with van der Waals surface area (Å²) in [5.41, 5.74) is 0.509. The van der Waals surface area contributed by atoms with E-state index < -0.39 is 11.3 Å². The van der Waals surface area contributed by atoms with Gasteiger partial charge in [-0.15, -0.1) is 11.8 Å². The number of amides is 2. The Labute approximate surface area is 155 Å². The number of carbonyl (C=O) groups excluding carboxylic acids is 2. The van der Waals surface area contributed by atoms with Crippen molar-refractivity contribution in [2.75, 3.05) is 12.8 Å². The van der Waals surface area contributed by atoms with Gasteiger partial charge < -0.3 is 14.6 Å². The van der Waals surface area contributed by atoms with E-state index in [-0.39, 0.29) is 17.6 Å². The molecule has 0 bridgehead atoms. The van der Waals surface area contributed by atoms with Crippen LogP contribution in [-0.4, -0.2) is 40.8 Å². The molecule has 3 rings (SSSR count). The Morgan fingerprint density at radius 3 is 2.77 bits per heavy atom. The van der Waals surface area contributed by atoms with Crippen molar-refractivity contribution in [2.24, 2.45) is 0 Å². The lowest BCUT2D eigenvalue weighted by Gasteiger charge is -2.30. The summed E-state index contributed by atoms with van der Waals surface area (Å²) in [6.07, 6.45) is 0.311. The van der Waals surface area contributed by atoms with E-state index in [0.29, 0.717) is 30.0 Å². The van der Waals surface area contributed by atoms with Crippen LogP contribution in [0.2, 0.25) is 0 Å². The second-order valence-corrected chi connectivity index (χ2v) is 7.62. The standard InChI is InChI=1S/C19H21FN2O3S/c1-12-7-8-14(25-12)10-22(2)19(24)16-11-26-17(18(23)21-16)9-13-5-3-4-6-15(13)20/h3-8,16-17H,9-11H2,1-2H3,(H,21,23)/t16-,17+/m1/s1. The van der Waals surface area contributed by atoms with Crippen LogP contribution in [0, 0.1) is 12.7 Å². The third-order valence-electron chi connectivity index (χ3n) is 4.30. The number of hydrogen-bond donors (Lipinski definition) is 1. The number of benzene rings is 1. The monoisotopic (exact) mass is 376 g/mol. The minimum absolute atomic E-state index is 0.163. The van der Waals surface area contributed by atoms with Crippen molar-refractivity contribution in [1.29, 1.82) is 0 Å². The molecule has 1 aromatic heterocycles. The number of halogens is 1. The van der Waals surface area contributed by atoms with Crippen LogP contribution < -0.4 is 5.32 Å². The van der Waals surface area contributed by atoms with Gasteiger partial charge in [0.15, 0.2) is 0 Å². The molecule has 0 radical (unpaired) electrons. The number of nitrogens with one attached hydrogen (secondary N) is 1. The molecule has 0 unspecified atom stereocenters.